The van der Waals surface area contributed by atoms with Crippen molar-refractivity contribution >= 4 is 6.29 Å². The second-order valence-corrected chi connectivity index (χ2v) is 2.79. The van der Waals surface area contributed by atoms with E-state index in [9.17, 15) is 4.79 Å². The first kappa shape index (κ1) is 13.9. The van der Waals surface area contributed by atoms with Crippen molar-refractivity contribution in [2.24, 2.45) is 0 Å². The van der Waals surface area contributed by atoms with E-state index in [1.807, 2.05) is 6.08 Å². The van der Waals surface area contributed by atoms with Gasteiger partial charge in [-0.1, -0.05) is 19.6 Å². The van der Waals surface area contributed by atoms with Crippen LogP contribution in [0.4, 0.5) is 0 Å². The van der Waals surface area contributed by atoms with Crippen LogP contribution in [-0.2, 0) is 19.0 Å². The maximum absolute atomic E-state index is 10.1. The Hall–Kier alpha value is -1.13. The Bertz CT molecular complexity index is 191. The first-order valence-electron chi connectivity index (χ1n) is 4.84. The van der Waals surface area contributed by atoms with Crippen molar-refractivity contribution in [3.8, 4) is 0 Å². The van der Waals surface area contributed by atoms with Crippen molar-refractivity contribution in [1.29, 1.82) is 0 Å². The molecule has 0 aromatic rings. The zero-order chi connectivity index (χ0) is 11.5. The van der Waals surface area contributed by atoms with Gasteiger partial charge < -0.3 is 14.2 Å². The number of allylic oxidation sites excluding steroid dienone is 1. The average molecular weight is 214 g/mol. The highest BCUT2D eigenvalue weighted by Crippen LogP contribution is 2.09. The summed E-state index contributed by atoms with van der Waals surface area (Å²) in [5, 5.41) is 0. The first-order chi connectivity index (χ1) is 7.28. The Balaban J connectivity index is 0.000000423. The smallest absolute Gasteiger partial charge is 0.215 e. The average Bonchev–Trinajstić information content (AvgIpc) is 2.74. The van der Waals surface area contributed by atoms with Crippen LogP contribution < -0.4 is 0 Å². The number of hydrogen-bond acceptors (Lipinski definition) is 4. The standard InChI is InChI=1S/C7H10O4.C4H8/c1-2-9-4-6-5-10-7(3-8)11-6;1-3-4-2/h2-3,6-7H,1,4-5H2;3H,1,4H2,2H3. The molecule has 1 rings (SSSR count). The minimum Gasteiger partial charge on any atom is -0.499 e. The molecule has 15 heavy (non-hydrogen) atoms. The molecule has 0 radical (unpaired) electrons. The topological polar surface area (TPSA) is 44.8 Å². The van der Waals surface area contributed by atoms with Gasteiger partial charge in [-0.2, -0.15) is 0 Å². The van der Waals surface area contributed by atoms with Crippen LogP contribution in [0.15, 0.2) is 25.5 Å². The van der Waals surface area contributed by atoms with E-state index in [1.54, 1.807) is 0 Å². The van der Waals surface area contributed by atoms with Gasteiger partial charge in [0, 0.05) is 0 Å². The molecule has 2 unspecified atom stereocenters. The molecular weight excluding hydrogens is 196 g/mol. The maximum atomic E-state index is 10.1. The molecule has 0 spiro atoms. The molecule has 1 fully saturated rings. The minimum absolute atomic E-state index is 0.150. The molecule has 0 saturated carbocycles. The summed E-state index contributed by atoms with van der Waals surface area (Å²) >= 11 is 0. The van der Waals surface area contributed by atoms with Crippen LogP contribution in [0.3, 0.4) is 0 Å². The van der Waals surface area contributed by atoms with E-state index < -0.39 is 6.29 Å². The van der Waals surface area contributed by atoms with Crippen LogP contribution in [0.2, 0.25) is 0 Å². The largest absolute Gasteiger partial charge is 0.499 e. The lowest BCUT2D eigenvalue weighted by molar-refractivity contribution is -0.133. The lowest BCUT2D eigenvalue weighted by atomic mass is 10.4. The van der Waals surface area contributed by atoms with Crippen molar-refractivity contribution in [1.82, 2.24) is 0 Å². The van der Waals surface area contributed by atoms with Gasteiger partial charge in [0.2, 0.25) is 6.29 Å². The molecule has 0 aliphatic carbocycles. The SMILES string of the molecule is C=CCC.C=COCC1COC(C=O)O1. The van der Waals surface area contributed by atoms with E-state index in [-0.39, 0.29) is 6.10 Å². The second kappa shape index (κ2) is 9.43. The molecule has 4 nitrogen and oxygen atoms in total. The molecule has 4 heteroatoms. The molecule has 1 aliphatic heterocycles. The molecule has 0 aromatic heterocycles. The van der Waals surface area contributed by atoms with E-state index >= 15 is 0 Å². The highest BCUT2D eigenvalue weighted by Gasteiger charge is 2.25. The molecule has 1 heterocycles. The summed E-state index contributed by atoms with van der Waals surface area (Å²) in [6.07, 6.45) is 4.04. The van der Waals surface area contributed by atoms with Gasteiger partial charge in [0.25, 0.3) is 0 Å². The Morgan fingerprint density at radius 3 is 2.60 bits per heavy atom. The van der Waals surface area contributed by atoms with Crippen molar-refractivity contribution in [3.05, 3.63) is 25.5 Å². The summed E-state index contributed by atoms with van der Waals surface area (Å²) in [6, 6.07) is 0. The number of ether oxygens (including phenoxy) is 3. The zero-order valence-electron chi connectivity index (χ0n) is 9.06. The summed E-state index contributed by atoms with van der Waals surface area (Å²) in [4.78, 5) is 10.1. The van der Waals surface area contributed by atoms with E-state index in [2.05, 4.69) is 20.1 Å². The van der Waals surface area contributed by atoms with E-state index in [0.717, 1.165) is 6.42 Å². The molecule has 86 valence electrons. The maximum Gasteiger partial charge on any atom is 0.215 e. The fraction of sp³-hybridized carbons (Fsp3) is 0.545. The van der Waals surface area contributed by atoms with Crippen molar-refractivity contribution in [2.75, 3.05) is 13.2 Å². The van der Waals surface area contributed by atoms with E-state index in [4.69, 9.17) is 14.2 Å². The van der Waals surface area contributed by atoms with Crippen molar-refractivity contribution < 1.29 is 19.0 Å². The predicted octanol–water partition coefficient (Wildman–Crippen LogP) is 1.67. The van der Waals surface area contributed by atoms with Gasteiger partial charge in [-0.3, -0.25) is 4.79 Å². The van der Waals surface area contributed by atoms with Gasteiger partial charge in [0.15, 0.2) is 6.29 Å². The van der Waals surface area contributed by atoms with Crippen LogP contribution in [0.25, 0.3) is 0 Å². The van der Waals surface area contributed by atoms with Gasteiger partial charge in [-0.05, 0) is 6.42 Å². The highest BCUT2D eigenvalue weighted by atomic mass is 16.7. The lowest BCUT2D eigenvalue weighted by Gasteiger charge is -2.06. The van der Waals surface area contributed by atoms with Gasteiger partial charge in [0.1, 0.15) is 12.7 Å². The Kier molecular flexibility index (Phi) is 8.72. The quantitative estimate of drug-likeness (QED) is 0.397. The van der Waals surface area contributed by atoms with Crippen LogP contribution in [0, 0.1) is 0 Å². The third-order valence-corrected chi connectivity index (χ3v) is 1.57. The first-order valence-corrected chi connectivity index (χ1v) is 4.84. The van der Waals surface area contributed by atoms with Crippen molar-refractivity contribution in [3.63, 3.8) is 0 Å². The molecule has 2 atom stereocenters. The zero-order valence-corrected chi connectivity index (χ0v) is 9.06. The lowest BCUT2D eigenvalue weighted by Crippen LogP contribution is -2.17. The van der Waals surface area contributed by atoms with Crippen LogP contribution >= 0.6 is 0 Å². The van der Waals surface area contributed by atoms with E-state index in [1.165, 1.54) is 6.26 Å². The number of aldehydes is 1. The van der Waals surface area contributed by atoms with Crippen LogP contribution in [0.1, 0.15) is 13.3 Å². The molecule has 1 saturated heterocycles. The Labute approximate surface area is 90.5 Å². The van der Waals surface area contributed by atoms with Gasteiger partial charge in [0.05, 0.1) is 12.9 Å². The Morgan fingerprint density at radius 2 is 2.20 bits per heavy atom. The number of hydrogen-bond donors (Lipinski definition) is 0. The fourth-order valence-corrected chi connectivity index (χ4v) is 0.805. The molecule has 0 aromatic carbocycles. The summed E-state index contributed by atoms with van der Waals surface area (Å²) in [7, 11) is 0. The number of carbonyl (C=O) groups excluding carboxylic acids is 1. The number of rotatable bonds is 5. The number of carbonyl (C=O) groups is 1. The second-order valence-electron chi connectivity index (χ2n) is 2.79. The normalized spacial score (nSPS) is 23.5. The summed E-state index contributed by atoms with van der Waals surface area (Å²) in [6.45, 7) is 9.70. The minimum atomic E-state index is -0.714. The molecular formula is C11H18O4. The summed E-state index contributed by atoms with van der Waals surface area (Å²) in [5.41, 5.74) is 0. The van der Waals surface area contributed by atoms with Crippen LogP contribution in [0.5, 0.6) is 0 Å². The van der Waals surface area contributed by atoms with Gasteiger partial charge >= 0.3 is 0 Å². The predicted molar refractivity (Wildman–Crippen MR) is 57.3 cm³/mol. The molecule has 0 amide bonds. The summed E-state index contributed by atoms with van der Waals surface area (Å²) < 4.78 is 14.8. The fourth-order valence-electron chi connectivity index (χ4n) is 0.805. The van der Waals surface area contributed by atoms with Crippen LogP contribution in [-0.4, -0.2) is 31.9 Å². The van der Waals surface area contributed by atoms with Gasteiger partial charge in [-0.25, -0.2) is 0 Å². The van der Waals surface area contributed by atoms with E-state index in [0.29, 0.717) is 19.5 Å². The summed E-state index contributed by atoms with van der Waals surface area (Å²) in [5.74, 6) is 0. The molecule has 0 N–H and O–H groups in total. The Morgan fingerprint density at radius 1 is 1.53 bits per heavy atom. The third-order valence-electron chi connectivity index (χ3n) is 1.57. The van der Waals surface area contributed by atoms with Crippen molar-refractivity contribution in [2.45, 2.75) is 25.7 Å². The monoisotopic (exact) mass is 214 g/mol. The highest BCUT2D eigenvalue weighted by molar-refractivity contribution is 5.54. The molecule has 1 aliphatic rings. The van der Waals surface area contributed by atoms with Gasteiger partial charge in [-0.15, -0.1) is 6.58 Å². The molecule has 0 bridgehead atoms. The third kappa shape index (κ3) is 6.88.